The summed E-state index contributed by atoms with van der Waals surface area (Å²) in [6.45, 7) is 16.3. The zero-order valence-corrected chi connectivity index (χ0v) is 77.0. The summed E-state index contributed by atoms with van der Waals surface area (Å²) >= 11 is 3.63. The molecule has 0 unspecified atom stereocenters. The number of esters is 19. The largest absolute Gasteiger partial charge is 0.463 e. The molecule has 6 aliphatic heterocycles. The molecule has 46 nitrogen and oxygen atoms in total. The lowest BCUT2D eigenvalue weighted by Gasteiger charge is -2.50. The van der Waals surface area contributed by atoms with Gasteiger partial charge in [-0.2, -0.15) is 0 Å². The average Bonchev–Trinajstić information content (AvgIpc) is 0.769. The molecule has 0 amide bonds. The van der Waals surface area contributed by atoms with Gasteiger partial charge in [0.15, 0.2) is 90.6 Å². The Morgan fingerprint density at radius 1 is 0.220 bits per heavy atom. The second kappa shape index (κ2) is 49.9. The van der Waals surface area contributed by atoms with Gasteiger partial charge in [-0.3, -0.25) is 96.5 Å². The Morgan fingerprint density at radius 3 is 0.638 bits per heavy atom. The maximum Gasteiger partial charge on any atom is 0.303 e. The van der Waals surface area contributed by atoms with Crippen molar-refractivity contribution >= 4 is 189 Å². The molecule has 6 fully saturated rings. The molecule has 0 spiro atoms. The van der Waals surface area contributed by atoms with Gasteiger partial charge in [-0.25, -0.2) is 0 Å². The van der Waals surface area contributed by atoms with Gasteiger partial charge in [0.1, 0.15) is 101 Å². The summed E-state index contributed by atoms with van der Waals surface area (Å²) in [7, 11) is 0. The van der Waals surface area contributed by atoms with Crippen molar-refractivity contribution < 1.29 is 210 Å². The van der Waals surface area contributed by atoms with Crippen LogP contribution in [0.3, 0.4) is 0 Å². The number of nitrogens with two attached hydrogens (primary N) is 1. The molecule has 712 valence electrons. The molecule has 0 aromatic carbocycles. The van der Waals surface area contributed by atoms with E-state index in [4.69, 9.17) is 130 Å². The quantitative estimate of drug-likeness (QED) is 0.0382. The lowest BCUT2D eigenvalue weighted by Crippen LogP contribution is -2.64. The number of amidine groups is 1. The lowest BCUT2D eigenvalue weighted by atomic mass is 9.99. The minimum Gasteiger partial charge on any atom is -0.463 e. The molecule has 0 aromatic rings. The van der Waals surface area contributed by atoms with Gasteiger partial charge in [-0.05, 0) is 0 Å². The van der Waals surface area contributed by atoms with Gasteiger partial charge in [0.2, 0.25) is 0 Å². The first-order valence-electron chi connectivity index (χ1n) is 38.7. The maximum absolute atomic E-state index is 14.0. The van der Waals surface area contributed by atoms with Crippen molar-refractivity contribution in [2.75, 3.05) is 37.1 Å². The van der Waals surface area contributed by atoms with E-state index in [-0.39, 0.29) is 0 Å². The normalized spacial score (nSPS) is 32.6. The Labute approximate surface area is 751 Å². The number of thioether (sulfide) groups is 6. The predicted molar refractivity (Wildman–Crippen MR) is 430 cm³/mol. The zero-order valence-electron chi connectivity index (χ0n) is 72.1. The Bertz CT molecular complexity index is 4010. The number of hydrogen-bond donors (Lipinski definition) is 2. The third kappa shape index (κ3) is 33.0. The average molecular weight is 1930 g/mol. The highest BCUT2D eigenvalue weighted by Crippen LogP contribution is 2.50. The Kier molecular flexibility index (Phi) is 42.0. The van der Waals surface area contributed by atoms with Gasteiger partial charge >= 0.3 is 113 Å². The van der Waals surface area contributed by atoms with Gasteiger partial charge in [-0.15, -0.1) is 58.8 Å². The molecule has 6 heterocycles. The summed E-state index contributed by atoms with van der Waals surface area (Å²) in [4.78, 5) is 251. The fourth-order valence-corrected chi connectivity index (χ4v) is 22.0. The topological polar surface area (TPSA) is 605 Å². The molecule has 0 saturated carbocycles. The van der Waals surface area contributed by atoms with Gasteiger partial charge < -0.3 is 124 Å². The first-order valence-corrected chi connectivity index (χ1v) is 44.6. The molecule has 0 aromatic heterocycles. The van der Waals surface area contributed by atoms with Crippen LogP contribution in [0.4, 0.5) is 0 Å². The van der Waals surface area contributed by atoms with Crippen molar-refractivity contribution in [3.8, 4) is 0 Å². The first-order chi connectivity index (χ1) is 59.4. The minimum absolute atomic E-state index is 0.465. The number of carbonyl (C=O) groups excluding carboxylic acids is 19. The van der Waals surface area contributed by atoms with E-state index < -0.39 is 333 Å². The van der Waals surface area contributed by atoms with Crippen LogP contribution in [0.25, 0.3) is 0 Å². The highest BCUT2D eigenvalue weighted by atomic mass is 32.2. The van der Waals surface area contributed by atoms with E-state index in [1.807, 2.05) is 0 Å². The molecule has 127 heavy (non-hydrogen) atoms. The zero-order chi connectivity index (χ0) is 95.0. The van der Waals surface area contributed by atoms with Crippen LogP contribution in [0.2, 0.25) is 0 Å². The summed E-state index contributed by atoms with van der Waals surface area (Å²) in [5.74, 6) is -21.1. The van der Waals surface area contributed by atoms with Crippen LogP contribution in [0.5, 0.6) is 0 Å². The van der Waals surface area contributed by atoms with Crippen molar-refractivity contribution in [1.29, 1.82) is 5.41 Å². The maximum atomic E-state index is 14.0. The fraction of sp³-hybridized carbons (Fsp3) is 0.733. The standard InChI is InChI=1S/C75H102N2O44S6/c1-26(78)97-20-45-51(100-29(4)81)57(106-35(10)87)61(110-39(14)91)69(116-45)122-24-49-55(104-33(8)85)67(125-72-63(112-41(16)93)58(107-36(11)88)52(101-30(5)82)46(117-72)21-98-27(2)79)65(114-43(18)95)71(120-49)124-23-48-54(103-32(7)84)60(109-38(13)90)62(111-40(15)92)70(119-48)123-25-50-56(105-34(9)86)68(66(115-44(19)96)74(121-50)127-75(76)77)126-73-64(113-42(17)94)59(108-37(12)89)53(102-31(6)83)47(118-73)22-99-28(3)80/h45-74H,20-25H2,1-19H3,(H3,76,77)/t45-,46-,47-,48-,49-,50-,51-,52-,53-,54-,55-,56-,57+,58+,59+,60+,61-,62-,63-,64-,65-,66-,67+,68+,69+,70+,71+,72+,73+,74+/m1/s1. The Morgan fingerprint density at radius 2 is 0.394 bits per heavy atom. The third-order valence-corrected chi connectivity index (χ3v) is 25.4. The van der Waals surface area contributed by atoms with Crippen LogP contribution in [-0.4, -0.2) is 333 Å². The van der Waals surface area contributed by atoms with Crippen LogP contribution in [-0.2, 0) is 210 Å². The van der Waals surface area contributed by atoms with E-state index in [2.05, 4.69) is 0 Å². The van der Waals surface area contributed by atoms with Gasteiger partial charge in [0.05, 0.1) is 10.5 Å². The number of nitrogens with one attached hydrogen (secondary N) is 1. The van der Waals surface area contributed by atoms with E-state index in [0.29, 0.717) is 70.6 Å². The van der Waals surface area contributed by atoms with Crippen LogP contribution in [0.1, 0.15) is 132 Å². The fourth-order valence-electron chi connectivity index (χ4n) is 13.9. The van der Waals surface area contributed by atoms with Crippen LogP contribution in [0.15, 0.2) is 0 Å². The summed E-state index contributed by atoms with van der Waals surface area (Å²) in [6, 6.07) is 0. The number of ether oxygens (including phenoxy) is 25. The minimum atomic E-state index is -1.92. The SMILES string of the molecule is CC(=O)OC[C@H]1O[C@@H](SC[C@H]2O[C@@H](SC[C@H]3O[C@@H](SC[C@H]4O[C@@H](SC(=N)N)[C@H](OC(C)=O)[C@@H](S[C@@H]5O[C@H](COC(C)=O)[C@@H](OC(C)=O)[C@H](OC(C)=O)[C@H]5OC(C)=O)[C@@H]4OC(C)=O)[C@H](OC(C)=O)[C@@H](OC(C)=O)[C@@H]3OC(C)=O)[C@H](OC(C)=O)[C@@H](S[C@@H]3O[C@H](COC(C)=O)[C@@H](OC(C)=O)[C@H](OC(C)=O)[C@H]3OC(C)=O)[C@@H]2OC(C)=O)[C@H](OC(C)=O)[C@@H](OC(C)=O)[C@@H]1OC(C)=O. The van der Waals surface area contributed by atoms with E-state index in [1.165, 1.54) is 0 Å². The Balaban J connectivity index is 1.60. The number of carbonyl (C=O) groups is 19. The summed E-state index contributed by atoms with van der Waals surface area (Å²) < 4.78 is 149. The van der Waals surface area contributed by atoms with Crippen molar-refractivity contribution in [3.05, 3.63) is 0 Å². The Hall–Kier alpha value is -8.74. The molecule has 6 rings (SSSR count). The summed E-state index contributed by atoms with van der Waals surface area (Å²) in [6.07, 6.45) is -38.6. The van der Waals surface area contributed by atoms with Gasteiger partial charge in [0.25, 0.3) is 0 Å². The van der Waals surface area contributed by atoms with Gasteiger partial charge in [-0.1, -0.05) is 11.8 Å². The highest BCUT2D eigenvalue weighted by molar-refractivity contribution is 8.14. The second-order valence-corrected chi connectivity index (χ2v) is 35.6. The summed E-state index contributed by atoms with van der Waals surface area (Å²) in [5, 5.41) is 4.55. The molecule has 6 saturated heterocycles. The third-order valence-electron chi connectivity index (χ3n) is 17.8. The summed E-state index contributed by atoms with van der Waals surface area (Å²) in [5.41, 5.74) is -4.22. The molecule has 6 aliphatic rings. The molecular weight excluding hydrogens is 1830 g/mol. The lowest BCUT2D eigenvalue weighted by molar-refractivity contribution is -0.238. The van der Waals surface area contributed by atoms with Gasteiger partial charge in [0, 0.05) is 149 Å². The monoisotopic (exact) mass is 1930 g/mol. The first kappa shape index (κ1) is 107. The van der Waals surface area contributed by atoms with E-state index in [1.54, 1.807) is 0 Å². The van der Waals surface area contributed by atoms with E-state index in [0.717, 1.165) is 132 Å². The molecule has 0 aliphatic carbocycles. The molecule has 30 atom stereocenters. The van der Waals surface area contributed by atoms with E-state index >= 15 is 0 Å². The molecule has 3 N–H and O–H groups in total. The van der Waals surface area contributed by atoms with Crippen LogP contribution in [0, 0.1) is 5.41 Å². The predicted octanol–water partition coefficient (Wildman–Crippen LogP) is 0.962. The molecular formula is C75H102N2O44S6. The van der Waals surface area contributed by atoms with Crippen LogP contribution < -0.4 is 5.73 Å². The van der Waals surface area contributed by atoms with Crippen molar-refractivity contribution in [2.45, 2.75) is 309 Å². The number of rotatable bonds is 36. The van der Waals surface area contributed by atoms with Crippen molar-refractivity contribution in [3.63, 3.8) is 0 Å². The molecule has 52 heteroatoms. The highest BCUT2D eigenvalue weighted by Gasteiger charge is 2.62. The second-order valence-electron chi connectivity index (χ2n) is 28.5. The van der Waals surface area contributed by atoms with Crippen molar-refractivity contribution in [1.82, 2.24) is 0 Å². The molecule has 0 bridgehead atoms. The van der Waals surface area contributed by atoms with E-state index in [9.17, 15) is 91.1 Å². The van der Waals surface area contributed by atoms with Crippen LogP contribution >= 0.6 is 70.6 Å². The number of hydrogen-bond acceptors (Lipinski definition) is 51. The smallest absolute Gasteiger partial charge is 0.303 e. The van der Waals surface area contributed by atoms with Crippen molar-refractivity contribution in [2.24, 2.45) is 5.73 Å². The molecule has 0 radical (unpaired) electrons.